The molecule has 3 rings (SSSR count). The van der Waals surface area contributed by atoms with E-state index in [1.807, 2.05) is 43.3 Å². The van der Waals surface area contributed by atoms with Gasteiger partial charge in [-0.05, 0) is 25.7 Å². The Kier molecular flexibility index (Phi) is 4.47. The van der Waals surface area contributed by atoms with Crippen LogP contribution in [-0.4, -0.2) is 68.3 Å². The molecule has 0 aliphatic carbocycles. The van der Waals surface area contributed by atoms with Gasteiger partial charge in [-0.1, -0.05) is 18.2 Å². The summed E-state index contributed by atoms with van der Waals surface area (Å²) in [6, 6.07) is 7.87. The predicted molar refractivity (Wildman–Crippen MR) is 83.9 cm³/mol. The zero-order valence-corrected chi connectivity index (χ0v) is 13.4. The van der Waals surface area contributed by atoms with Crippen LogP contribution in [0.15, 0.2) is 24.3 Å². The molecule has 1 spiro atoms. The van der Waals surface area contributed by atoms with Crippen LogP contribution in [0.25, 0.3) is 0 Å². The monoisotopic (exact) mass is 304 g/mol. The second kappa shape index (κ2) is 6.36. The van der Waals surface area contributed by atoms with Crippen molar-refractivity contribution in [3.63, 3.8) is 0 Å². The second-order valence-electron chi connectivity index (χ2n) is 6.46. The smallest absolute Gasteiger partial charge is 0.254 e. The van der Waals surface area contributed by atoms with Crippen LogP contribution in [0.5, 0.6) is 0 Å². The van der Waals surface area contributed by atoms with E-state index in [1.165, 1.54) is 0 Å². The summed E-state index contributed by atoms with van der Waals surface area (Å²) in [6.45, 7) is 3.94. The quantitative estimate of drug-likeness (QED) is 0.846. The van der Waals surface area contributed by atoms with Gasteiger partial charge in [0.05, 0.1) is 19.8 Å². The summed E-state index contributed by atoms with van der Waals surface area (Å²) >= 11 is 0. The van der Waals surface area contributed by atoms with Crippen LogP contribution in [-0.2, 0) is 16.0 Å². The summed E-state index contributed by atoms with van der Waals surface area (Å²) in [5.41, 5.74) is 1.58. The molecule has 1 aromatic rings. The van der Waals surface area contributed by atoms with E-state index in [0.29, 0.717) is 26.3 Å². The number of hydrogen-bond donors (Lipinski definition) is 0. The van der Waals surface area contributed by atoms with Crippen LogP contribution in [0.1, 0.15) is 22.3 Å². The van der Waals surface area contributed by atoms with Gasteiger partial charge in [-0.25, -0.2) is 0 Å². The van der Waals surface area contributed by atoms with Gasteiger partial charge in [-0.3, -0.25) is 4.79 Å². The fourth-order valence-corrected chi connectivity index (χ4v) is 3.22. The number of amides is 1. The van der Waals surface area contributed by atoms with Crippen molar-refractivity contribution < 1.29 is 14.3 Å². The van der Waals surface area contributed by atoms with Crippen molar-refractivity contribution in [2.24, 2.45) is 0 Å². The molecule has 0 saturated carbocycles. The average Bonchev–Trinajstić information content (AvgIpc) is 2.94. The van der Waals surface area contributed by atoms with Gasteiger partial charge in [-0.15, -0.1) is 0 Å². The molecule has 2 aliphatic heterocycles. The Bertz CT molecular complexity index is 538. The first-order chi connectivity index (χ1) is 10.6. The minimum Gasteiger partial charge on any atom is -0.378 e. The molecule has 1 amide bonds. The molecule has 0 N–H and O–H groups in total. The van der Waals surface area contributed by atoms with Crippen molar-refractivity contribution in [1.29, 1.82) is 0 Å². The second-order valence-corrected chi connectivity index (χ2v) is 6.46. The molecule has 2 heterocycles. The predicted octanol–water partition coefficient (Wildman–Crippen LogP) is 1.38. The van der Waals surface area contributed by atoms with E-state index in [1.54, 1.807) is 0 Å². The van der Waals surface area contributed by atoms with Crippen molar-refractivity contribution in [1.82, 2.24) is 9.80 Å². The van der Waals surface area contributed by atoms with Crippen molar-refractivity contribution in [3.05, 3.63) is 35.4 Å². The van der Waals surface area contributed by atoms with Crippen molar-refractivity contribution in [2.45, 2.75) is 18.6 Å². The van der Waals surface area contributed by atoms with E-state index >= 15 is 0 Å². The normalized spacial score (nSPS) is 25.1. The molecule has 1 aromatic carbocycles. The van der Waals surface area contributed by atoms with E-state index in [-0.39, 0.29) is 11.5 Å². The van der Waals surface area contributed by atoms with E-state index < -0.39 is 0 Å². The first kappa shape index (κ1) is 15.5. The fraction of sp³-hybridized carbons (Fsp3) is 0.588. The molecular formula is C17H24N2O3. The molecule has 2 saturated heterocycles. The topological polar surface area (TPSA) is 42.0 Å². The Morgan fingerprint density at radius 1 is 1.32 bits per heavy atom. The Morgan fingerprint density at radius 2 is 2.14 bits per heavy atom. The molecule has 2 fully saturated rings. The molecule has 1 unspecified atom stereocenters. The number of carbonyl (C=O) groups excluding carboxylic acids is 1. The maximum absolute atomic E-state index is 13.0. The highest BCUT2D eigenvalue weighted by atomic mass is 16.6. The van der Waals surface area contributed by atoms with Crippen LogP contribution >= 0.6 is 0 Å². The van der Waals surface area contributed by atoms with Gasteiger partial charge in [0.25, 0.3) is 5.91 Å². The fourth-order valence-electron chi connectivity index (χ4n) is 3.22. The lowest BCUT2D eigenvalue weighted by atomic mass is 9.99. The number of hydrogen-bond acceptors (Lipinski definition) is 4. The van der Waals surface area contributed by atoms with Gasteiger partial charge in [0.15, 0.2) is 0 Å². The summed E-state index contributed by atoms with van der Waals surface area (Å²) in [6.07, 6.45) is 0.871. The van der Waals surface area contributed by atoms with E-state index in [0.717, 1.165) is 30.7 Å². The summed E-state index contributed by atoms with van der Waals surface area (Å²) in [5, 5.41) is 0. The molecule has 120 valence electrons. The SMILES string of the molecule is CN(C)Cc1ccccc1C(=O)N1CCOC2(CCOC2)C1. The van der Waals surface area contributed by atoms with Crippen LogP contribution < -0.4 is 0 Å². The number of morpholine rings is 1. The summed E-state index contributed by atoms with van der Waals surface area (Å²) < 4.78 is 11.4. The largest absolute Gasteiger partial charge is 0.378 e. The Balaban J connectivity index is 1.79. The average molecular weight is 304 g/mol. The van der Waals surface area contributed by atoms with Gasteiger partial charge < -0.3 is 19.3 Å². The Morgan fingerprint density at radius 3 is 2.86 bits per heavy atom. The lowest BCUT2D eigenvalue weighted by molar-refractivity contribution is -0.0995. The molecule has 0 radical (unpaired) electrons. The number of ether oxygens (including phenoxy) is 2. The molecule has 1 atom stereocenters. The molecular weight excluding hydrogens is 280 g/mol. The Labute approximate surface area is 131 Å². The van der Waals surface area contributed by atoms with Gasteiger partial charge in [0.1, 0.15) is 5.60 Å². The molecule has 0 bridgehead atoms. The Hall–Kier alpha value is -1.43. The summed E-state index contributed by atoms with van der Waals surface area (Å²) in [4.78, 5) is 17.0. The van der Waals surface area contributed by atoms with Crippen LogP contribution in [0.4, 0.5) is 0 Å². The molecule has 5 heteroatoms. The maximum Gasteiger partial charge on any atom is 0.254 e. The highest BCUT2D eigenvalue weighted by molar-refractivity contribution is 5.95. The van der Waals surface area contributed by atoms with E-state index in [9.17, 15) is 4.79 Å². The van der Waals surface area contributed by atoms with Crippen molar-refractivity contribution in [2.75, 3.05) is 47.0 Å². The lowest BCUT2D eigenvalue weighted by Crippen LogP contribution is -2.54. The van der Waals surface area contributed by atoms with Crippen LogP contribution in [0.2, 0.25) is 0 Å². The highest BCUT2D eigenvalue weighted by Gasteiger charge is 2.41. The van der Waals surface area contributed by atoms with E-state index in [4.69, 9.17) is 9.47 Å². The lowest BCUT2D eigenvalue weighted by Gasteiger charge is -2.39. The third-order valence-corrected chi connectivity index (χ3v) is 4.34. The first-order valence-electron chi connectivity index (χ1n) is 7.83. The van der Waals surface area contributed by atoms with Gasteiger partial charge >= 0.3 is 0 Å². The number of carbonyl (C=O) groups is 1. The summed E-state index contributed by atoms with van der Waals surface area (Å²) in [5.74, 6) is 0.104. The zero-order valence-electron chi connectivity index (χ0n) is 13.4. The third-order valence-electron chi connectivity index (χ3n) is 4.34. The third kappa shape index (κ3) is 3.16. The first-order valence-corrected chi connectivity index (χ1v) is 7.83. The number of rotatable bonds is 3. The van der Waals surface area contributed by atoms with Crippen LogP contribution in [0.3, 0.4) is 0 Å². The van der Waals surface area contributed by atoms with Crippen LogP contribution in [0, 0.1) is 0 Å². The maximum atomic E-state index is 13.0. The number of nitrogens with zero attached hydrogens (tertiary/aromatic N) is 2. The number of benzene rings is 1. The van der Waals surface area contributed by atoms with Crippen molar-refractivity contribution >= 4 is 5.91 Å². The van der Waals surface area contributed by atoms with Crippen molar-refractivity contribution in [3.8, 4) is 0 Å². The molecule has 5 nitrogen and oxygen atoms in total. The minimum absolute atomic E-state index is 0.104. The van der Waals surface area contributed by atoms with Gasteiger partial charge in [0, 0.05) is 31.7 Å². The molecule has 22 heavy (non-hydrogen) atoms. The molecule has 0 aromatic heterocycles. The summed E-state index contributed by atoms with van der Waals surface area (Å²) in [7, 11) is 4.03. The van der Waals surface area contributed by atoms with E-state index in [2.05, 4.69) is 4.90 Å². The zero-order chi connectivity index (χ0) is 15.6. The van der Waals surface area contributed by atoms with Gasteiger partial charge in [-0.2, -0.15) is 0 Å². The van der Waals surface area contributed by atoms with Gasteiger partial charge in [0.2, 0.25) is 0 Å². The molecule has 2 aliphatic rings. The highest BCUT2D eigenvalue weighted by Crippen LogP contribution is 2.28. The minimum atomic E-state index is -0.287. The standard InChI is InChI=1S/C17H24N2O3/c1-18(2)11-14-5-3-4-6-15(14)16(20)19-8-10-22-17(12-19)7-9-21-13-17/h3-6H,7-13H2,1-2H3.